The van der Waals surface area contributed by atoms with E-state index in [1.165, 1.54) is 64.7 Å². The first-order chi connectivity index (χ1) is 17.1. The lowest BCUT2D eigenvalue weighted by atomic mass is 9.76. The van der Waals surface area contributed by atoms with Crippen molar-refractivity contribution in [1.82, 2.24) is 9.80 Å². The zero-order valence-corrected chi connectivity index (χ0v) is 22.7. The van der Waals surface area contributed by atoms with Crippen LogP contribution in [-0.4, -0.2) is 29.4 Å². The Labute approximate surface area is 219 Å². The van der Waals surface area contributed by atoms with Crippen molar-refractivity contribution in [2.45, 2.75) is 53.4 Å². The molecule has 3 aliphatic rings. The number of hydrogen-bond donors (Lipinski definition) is 0. The molecule has 2 nitrogen and oxygen atoms in total. The molecule has 36 heavy (non-hydrogen) atoms. The summed E-state index contributed by atoms with van der Waals surface area (Å²) in [5.41, 5.74) is 11.5. The molecule has 1 aromatic rings. The average molecular weight is 479 g/mol. The molecule has 0 spiro atoms. The molecule has 0 unspecified atom stereocenters. The Morgan fingerprint density at radius 2 is 1.72 bits per heavy atom. The van der Waals surface area contributed by atoms with Crippen LogP contribution >= 0.6 is 0 Å². The van der Waals surface area contributed by atoms with Crippen molar-refractivity contribution >= 4 is 5.57 Å². The number of allylic oxidation sites excluding steroid dienone is 7. The highest BCUT2D eigenvalue weighted by atomic mass is 15.2. The summed E-state index contributed by atoms with van der Waals surface area (Å²) < 4.78 is 0. The third kappa shape index (κ3) is 5.99. The van der Waals surface area contributed by atoms with Crippen LogP contribution < -0.4 is 0 Å². The second-order valence-corrected chi connectivity index (χ2v) is 11.3. The van der Waals surface area contributed by atoms with Crippen molar-refractivity contribution in [2.75, 3.05) is 19.6 Å². The van der Waals surface area contributed by atoms with Gasteiger partial charge in [-0.25, -0.2) is 0 Å². The van der Waals surface area contributed by atoms with Gasteiger partial charge in [0, 0.05) is 43.1 Å². The normalized spacial score (nSPS) is 22.8. The average Bonchev–Trinajstić information content (AvgIpc) is 2.79. The number of aryl methyl sites for hydroxylation is 2. The number of benzene rings is 1. The van der Waals surface area contributed by atoms with Crippen molar-refractivity contribution in [3.8, 4) is 0 Å². The van der Waals surface area contributed by atoms with Crippen molar-refractivity contribution in [3.63, 3.8) is 0 Å². The Morgan fingerprint density at radius 1 is 1.00 bits per heavy atom. The maximum atomic E-state index is 4.39. The van der Waals surface area contributed by atoms with Gasteiger partial charge in [-0.3, -0.25) is 4.90 Å². The Morgan fingerprint density at radius 3 is 2.42 bits per heavy atom. The SMILES string of the molecule is C=C1/C=C\N(C(=C)/C=C(\C=C(C)C)CN2CC(C)(C(=C)C)C2)/C=C\C=C/1c1ccc2c(c1)CCCC2. The van der Waals surface area contributed by atoms with Crippen LogP contribution in [0.5, 0.6) is 0 Å². The van der Waals surface area contributed by atoms with E-state index in [4.69, 9.17) is 0 Å². The van der Waals surface area contributed by atoms with Crippen molar-refractivity contribution in [2.24, 2.45) is 5.41 Å². The highest BCUT2D eigenvalue weighted by Gasteiger charge is 2.39. The number of fused-ring (bicyclic) bond motifs is 1. The summed E-state index contributed by atoms with van der Waals surface area (Å²) >= 11 is 0. The molecule has 1 aromatic carbocycles. The van der Waals surface area contributed by atoms with Gasteiger partial charge >= 0.3 is 0 Å². The lowest BCUT2D eigenvalue weighted by molar-refractivity contribution is 0.0557. The van der Waals surface area contributed by atoms with Gasteiger partial charge in [0.2, 0.25) is 0 Å². The fourth-order valence-electron chi connectivity index (χ4n) is 5.40. The Bertz CT molecular complexity index is 1200. The molecule has 0 radical (unpaired) electrons. The molecule has 0 bridgehead atoms. The van der Waals surface area contributed by atoms with Crippen molar-refractivity contribution in [1.29, 1.82) is 0 Å². The second-order valence-electron chi connectivity index (χ2n) is 11.3. The van der Waals surface area contributed by atoms with Gasteiger partial charge in [0.05, 0.1) is 0 Å². The van der Waals surface area contributed by atoms with Crippen LogP contribution in [0.25, 0.3) is 5.57 Å². The first kappa shape index (κ1) is 26.0. The molecule has 2 heterocycles. The molecule has 0 aromatic heterocycles. The largest absolute Gasteiger partial charge is 0.324 e. The molecule has 0 amide bonds. The van der Waals surface area contributed by atoms with Crippen LogP contribution in [0.3, 0.4) is 0 Å². The minimum absolute atomic E-state index is 0.240. The van der Waals surface area contributed by atoms with Gasteiger partial charge in [-0.2, -0.15) is 0 Å². The predicted molar refractivity (Wildman–Crippen MR) is 156 cm³/mol. The summed E-state index contributed by atoms with van der Waals surface area (Å²) in [5, 5.41) is 0. The van der Waals surface area contributed by atoms with Crippen LogP contribution in [0.1, 0.15) is 57.2 Å². The lowest BCUT2D eigenvalue weighted by Crippen LogP contribution is -2.55. The topological polar surface area (TPSA) is 6.48 Å². The summed E-state index contributed by atoms with van der Waals surface area (Å²) in [6, 6.07) is 6.93. The van der Waals surface area contributed by atoms with Crippen molar-refractivity contribution in [3.05, 3.63) is 125 Å². The van der Waals surface area contributed by atoms with Gasteiger partial charge in [-0.15, -0.1) is 0 Å². The van der Waals surface area contributed by atoms with E-state index in [0.717, 1.165) is 30.9 Å². The Kier molecular flexibility index (Phi) is 7.85. The van der Waals surface area contributed by atoms with Gasteiger partial charge in [0.15, 0.2) is 0 Å². The lowest BCUT2D eigenvalue weighted by Gasteiger charge is -2.49. The van der Waals surface area contributed by atoms with Gasteiger partial charge in [-0.05, 0) is 98.1 Å². The van der Waals surface area contributed by atoms with Gasteiger partial charge < -0.3 is 4.90 Å². The molecule has 1 saturated heterocycles. The highest BCUT2D eigenvalue weighted by Crippen LogP contribution is 2.36. The third-order valence-electron chi connectivity index (χ3n) is 7.69. The fraction of sp³-hybridized carbons (Fsp3) is 0.353. The molecule has 0 N–H and O–H groups in total. The smallest absolute Gasteiger partial charge is 0.0380 e. The van der Waals surface area contributed by atoms with E-state index in [1.54, 1.807) is 0 Å². The van der Waals surface area contributed by atoms with E-state index in [2.05, 4.69) is 118 Å². The molecule has 0 saturated carbocycles. The van der Waals surface area contributed by atoms with E-state index < -0.39 is 0 Å². The minimum atomic E-state index is 0.240. The van der Waals surface area contributed by atoms with E-state index in [1.807, 2.05) is 0 Å². The standard InChI is InChI=1S/C34H42N2/c1-25(2)19-29(22-35-23-34(7,24-35)26(3)4)20-28(6)36-17-10-13-33(27(5)16-18-36)32-15-14-30-11-8-9-12-31(30)21-32/h10,13-21H,3,5-6,8-9,11-12,22-24H2,1-2,4,7H3/b17-10-,18-16-,29-20+,33-13+. The van der Waals surface area contributed by atoms with Crippen LogP contribution in [0.4, 0.5) is 0 Å². The number of nitrogens with zero attached hydrogens (tertiary/aromatic N) is 2. The van der Waals surface area contributed by atoms with E-state index in [9.17, 15) is 0 Å². The summed E-state index contributed by atoms with van der Waals surface area (Å²) in [5.74, 6) is 0. The quantitative estimate of drug-likeness (QED) is 0.288. The predicted octanol–water partition coefficient (Wildman–Crippen LogP) is 8.15. The number of rotatable bonds is 7. The summed E-state index contributed by atoms with van der Waals surface area (Å²) in [4.78, 5) is 4.57. The van der Waals surface area contributed by atoms with Gasteiger partial charge in [-0.1, -0.05) is 68.2 Å². The molecular weight excluding hydrogens is 436 g/mol. The molecule has 1 aliphatic carbocycles. The summed E-state index contributed by atoms with van der Waals surface area (Å²) in [6.07, 6.45) is 20.0. The molecule has 4 rings (SSSR count). The Hall–Kier alpha value is -3.10. The van der Waals surface area contributed by atoms with E-state index in [-0.39, 0.29) is 5.41 Å². The van der Waals surface area contributed by atoms with Gasteiger partial charge in [0.25, 0.3) is 0 Å². The molecule has 2 aliphatic heterocycles. The van der Waals surface area contributed by atoms with Crippen LogP contribution in [0.2, 0.25) is 0 Å². The molecule has 1 fully saturated rings. The van der Waals surface area contributed by atoms with Crippen LogP contribution in [-0.2, 0) is 12.8 Å². The fourth-order valence-corrected chi connectivity index (χ4v) is 5.40. The summed E-state index contributed by atoms with van der Waals surface area (Å²) in [7, 11) is 0. The number of hydrogen-bond acceptors (Lipinski definition) is 2. The van der Waals surface area contributed by atoms with E-state index in [0.29, 0.717) is 0 Å². The molecule has 188 valence electrons. The molecule has 2 heteroatoms. The molecule has 0 atom stereocenters. The number of likely N-dealkylation sites (tertiary alicyclic amines) is 1. The second kappa shape index (κ2) is 10.9. The zero-order valence-electron chi connectivity index (χ0n) is 22.7. The van der Waals surface area contributed by atoms with Crippen LogP contribution in [0, 0.1) is 5.41 Å². The van der Waals surface area contributed by atoms with Crippen molar-refractivity contribution < 1.29 is 0 Å². The van der Waals surface area contributed by atoms with Gasteiger partial charge in [0.1, 0.15) is 0 Å². The minimum Gasteiger partial charge on any atom is -0.324 e. The summed E-state index contributed by atoms with van der Waals surface area (Å²) in [6.45, 7) is 24.7. The maximum Gasteiger partial charge on any atom is 0.0380 e. The first-order valence-electron chi connectivity index (χ1n) is 13.2. The first-order valence-corrected chi connectivity index (χ1v) is 13.2. The van der Waals surface area contributed by atoms with E-state index >= 15 is 0 Å². The molecular formula is C34H42N2. The Balaban J connectivity index is 1.50. The van der Waals surface area contributed by atoms with Crippen LogP contribution in [0.15, 0.2) is 109 Å². The third-order valence-corrected chi connectivity index (χ3v) is 7.69. The zero-order chi connectivity index (χ0) is 25.9. The highest BCUT2D eigenvalue weighted by molar-refractivity contribution is 5.82. The maximum absolute atomic E-state index is 4.39. The monoisotopic (exact) mass is 478 g/mol.